The maximum Gasteiger partial charge on any atom is 0.135 e. The third-order valence-corrected chi connectivity index (χ3v) is 2.75. The zero-order valence-electron chi connectivity index (χ0n) is 7.39. The number of halogens is 1. The Kier molecular flexibility index (Phi) is 2.67. The van der Waals surface area contributed by atoms with Gasteiger partial charge in [0.25, 0.3) is 0 Å². The van der Waals surface area contributed by atoms with Gasteiger partial charge in [0, 0.05) is 12.4 Å². The minimum Gasteiger partial charge on any atom is -0.383 e. The van der Waals surface area contributed by atoms with Crippen molar-refractivity contribution in [1.82, 2.24) is 14.8 Å². The van der Waals surface area contributed by atoms with Gasteiger partial charge in [-0.3, -0.25) is 4.98 Å². The quantitative estimate of drug-likeness (QED) is 0.855. The fourth-order valence-corrected chi connectivity index (χ4v) is 1.56. The Morgan fingerprint density at radius 1 is 1.36 bits per heavy atom. The molecule has 0 amide bonds. The van der Waals surface area contributed by atoms with E-state index in [0.29, 0.717) is 12.4 Å². The number of anilines is 1. The normalized spacial score (nSPS) is 10.4. The van der Waals surface area contributed by atoms with Gasteiger partial charge >= 0.3 is 0 Å². The topological polar surface area (TPSA) is 56.7 Å². The molecule has 2 aromatic rings. The molecule has 0 spiro atoms. The molecule has 0 aromatic carbocycles. The van der Waals surface area contributed by atoms with Crippen molar-refractivity contribution >= 4 is 28.4 Å². The Morgan fingerprint density at radius 2 is 2.07 bits per heavy atom. The fraction of sp³-hybridized carbons (Fsp3) is 0.111. The monoisotopic (exact) mass is 300 g/mol. The lowest BCUT2D eigenvalue weighted by atomic mass is 10.3. The van der Waals surface area contributed by atoms with Crippen molar-refractivity contribution in [2.24, 2.45) is 0 Å². The van der Waals surface area contributed by atoms with E-state index < -0.39 is 0 Å². The Balaban J connectivity index is 2.23. The van der Waals surface area contributed by atoms with Crippen LogP contribution in [0.5, 0.6) is 0 Å². The first kappa shape index (κ1) is 9.45. The summed E-state index contributed by atoms with van der Waals surface area (Å²) >= 11 is 2.17. The third kappa shape index (κ3) is 1.87. The molecule has 2 N–H and O–H groups in total. The van der Waals surface area contributed by atoms with Crippen LogP contribution in [0.15, 0.2) is 30.7 Å². The molecule has 2 rings (SSSR count). The molecule has 0 aliphatic heterocycles. The molecular weight excluding hydrogens is 291 g/mol. The molecule has 4 nitrogen and oxygen atoms in total. The Morgan fingerprint density at radius 3 is 2.64 bits per heavy atom. The first-order chi connectivity index (χ1) is 6.77. The summed E-state index contributed by atoms with van der Waals surface area (Å²) in [5.74, 6) is 0.711. The van der Waals surface area contributed by atoms with Gasteiger partial charge in [-0.15, -0.1) is 0 Å². The summed E-state index contributed by atoms with van der Waals surface area (Å²) in [6.07, 6.45) is 5.29. The highest BCUT2D eigenvalue weighted by atomic mass is 127. The molecule has 0 aliphatic carbocycles. The second kappa shape index (κ2) is 3.95. The maximum atomic E-state index is 5.83. The van der Waals surface area contributed by atoms with Crippen LogP contribution in [0, 0.1) is 3.57 Å². The summed E-state index contributed by atoms with van der Waals surface area (Å²) in [7, 11) is 0. The van der Waals surface area contributed by atoms with Crippen LogP contribution < -0.4 is 5.73 Å². The number of nitrogens with zero attached hydrogens (tertiary/aromatic N) is 3. The summed E-state index contributed by atoms with van der Waals surface area (Å²) in [5, 5.41) is 4.17. The zero-order chi connectivity index (χ0) is 9.97. The lowest BCUT2D eigenvalue weighted by Crippen LogP contribution is -2.06. The molecule has 0 fully saturated rings. The Bertz CT molecular complexity index is 424. The maximum absolute atomic E-state index is 5.83. The van der Waals surface area contributed by atoms with E-state index in [-0.39, 0.29) is 0 Å². The van der Waals surface area contributed by atoms with Gasteiger partial charge < -0.3 is 5.73 Å². The molecule has 0 aliphatic rings. The minimum absolute atomic E-state index is 0.692. The van der Waals surface area contributed by atoms with Crippen LogP contribution in [0.1, 0.15) is 5.56 Å². The molecule has 72 valence electrons. The summed E-state index contributed by atoms with van der Waals surface area (Å²) < 4.78 is 2.76. The van der Waals surface area contributed by atoms with E-state index in [4.69, 9.17) is 5.73 Å². The first-order valence-corrected chi connectivity index (χ1v) is 5.21. The average molecular weight is 300 g/mol. The second-order valence-corrected chi connectivity index (χ2v) is 4.05. The molecule has 2 aromatic heterocycles. The van der Waals surface area contributed by atoms with Crippen molar-refractivity contribution in [2.75, 3.05) is 5.73 Å². The van der Waals surface area contributed by atoms with E-state index in [0.717, 1.165) is 9.13 Å². The highest BCUT2D eigenvalue weighted by Crippen LogP contribution is 2.14. The number of hydrogen-bond acceptors (Lipinski definition) is 3. The first-order valence-electron chi connectivity index (χ1n) is 4.13. The van der Waals surface area contributed by atoms with Gasteiger partial charge in [0.1, 0.15) is 5.82 Å². The van der Waals surface area contributed by atoms with Gasteiger partial charge in [0.15, 0.2) is 0 Å². The molecule has 0 unspecified atom stereocenters. The predicted molar refractivity (Wildman–Crippen MR) is 62.7 cm³/mol. The molecule has 0 saturated heterocycles. The van der Waals surface area contributed by atoms with Crippen molar-refractivity contribution in [3.63, 3.8) is 0 Å². The van der Waals surface area contributed by atoms with E-state index in [9.17, 15) is 0 Å². The van der Waals surface area contributed by atoms with Gasteiger partial charge in [-0.05, 0) is 40.3 Å². The van der Waals surface area contributed by atoms with E-state index >= 15 is 0 Å². The van der Waals surface area contributed by atoms with Crippen LogP contribution in [-0.4, -0.2) is 14.8 Å². The van der Waals surface area contributed by atoms with Gasteiger partial charge in [-0.25, -0.2) is 4.68 Å². The van der Waals surface area contributed by atoms with Gasteiger partial charge in [0.05, 0.1) is 16.3 Å². The van der Waals surface area contributed by atoms with Crippen molar-refractivity contribution in [3.8, 4) is 0 Å². The van der Waals surface area contributed by atoms with Gasteiger partial charge in [0.2, 0.25) is 0 Å². The Hall–Kier alpha value is -1.11. The van der Waals surface area contributed by atoms with Gasteiger partial charge in [-0.2, -0.15) is 5.10 Å². The van der Waals surface area contributed by atoms with Crippen molar-refractivity contribution in [2.45, 2.75) is 6.54 Å². The number of pyridine rings is 1. The highest BCUT2D eigenvalue weighted by molar-refractivity contribution is 14.1. The van der Waals surface area contributed by atoms with Crippen LogP contribution in [0.2, 0.25) is 0 Å². The summed E-state index contributed by atoms with van der Waals surface area (Å²) in [6.45, 7) is 0.692. The lowest BCUT2D eigenvalue weighted by molar-refractivity contribution is 0.696. The number of hydrogen-bond donors (Lipinski definition) is 1. The number of rotatable bonds is 2. The summed E-state index contributed by atoms with van der Waals surface area (Å²) in [6, 6.07) is 3.90. The summed E-state index contributed by atoms with van der Waals surface area (Å²) in [5.41, 5.74) is 6.97. The van der Waals surface area contributed by atoms with Crippen LogP contribution >= 0.6 is 22.6 Å². The molecule has 14 heavy (non-hydrogen) atoms. The van der Waals surface area contributed by atoms with E-state index in [2.05, 4.69) is 32.7 Å². The van der Waals surface area contributed by atoms with Crippen molar-refractivity contribution < 1.29 is 0 Å². The van der Waals surface area contributed by atoms with Crippen LogP contribution in [0.4, 0.5) is 5.82 Å². The van der Waals surface area contributed by atoms with Crippen LogP contribution in [0.25, 0.3) is 0 Å². The molecular formula is C9H9IN4. The standard InChI is InChI=1S/C9H9IN4/c10-8-5-13-14(9(8)11)6-7-1-3-12-4-2-7/h1-5H,6,11H2. The Labute approximate surface area is 95.3 Å². The summed E-state index contributed by atoms with van der Waals surface area (Å²) in [4.78, 5) is 3.95. The average Bonchev–Trinajstić information content (AvgIpc) is 2.52. The molecule has 0 bridgehead atoms. The predicted octanol–water partition coefficient (Wildman–Crippen LogP) is 1.51. The van der Waals surface area contributed by atoms with Crippen molar-refractivity contribution in [3.05, 3.63) is 39.9 Å². The SMILES string of the molecule is Nc1c(I)cnn1Cc1ccncc1. The largest absolute Gasteiger partial charge is 0.383 e. The smallest absolute Gasteiger partial charge is 0.135 e. The fourth-order valence-electron chi connectivity index (χ4n) is 1.16. The van der Waals surface area contributed by atoms with E-state index in [1.54, 1.807) is 23.3 Å². The zero-order valence-corrected chi connectivity index (χ0v) is 9.55. The van der Waals surface area contributed by atoms with Gasteiger partial charge in [-0.1, -0.05) is 0 Å². The molecule has 0 atom stereocenters. The molecule has 5 heteroatoms. The number of nitrogen functional groups attached to an aromatic ring is 1. The minimum atomic E-state index is 0.692. The molecule has 0 radical (unpaired) electrons. The van der Waals surface area contributed by atoms with Crippen LogP contribution in [0.3, 0.4) is 0 Å². The molecule has 0 saturated carbocycles. The highest BCUT2D eigenvalue weighted by Gasteiger charge is 2.04. The lowest BCUT2D eigenvalue weighted by Gasteiger charge is -2.03. The second-order valence-electron chi connectivity index (χ2n) is 2.89. The van der Waals surface area contributed by atoms with Crippen molar-refractivity contribution in [1.29, 1.82) is 0 Å². The number of aromatic nitrogens is 3. The molecule has 2 heterocycles. The third-order valence-electron chi connectivity index (χ3n) is 1.91. The van der Waals surface area contributed by atoms with Crippen LogP contribution in [-0.2, 0) is 6.54 Å². The number of nitrogens with two attached hydrogens (primary N) is 1. The van der Waals surface area contributed by atoms with E-state index in [1.807, 2.05) is 12.1 Å². The van der Waals surface area contributed by atoms with E-state index in [1.165, 1.54) is 0 Å².